The molecular formula is C15H12N2. The Morgan fingerprint density at radius 3 is 2.24 bits per heavy atom. The first-order valence-electron chi connectivity index (χ1n) is 5.24. The van der Waals surface area contributed by atoms with Gasteiger partial charge < -0.3 is 5.73 Å². The molecule has 0 radical (unpaired) electrons. The van der Waals surface area contributed by atoms with Crippen LogP contribution in [0.3, 0.4) is 0 Å². The van der Waals surface area contributed by atoms with Gasteiger partial charge in [-0.2, -0.15) is 0 Å². The maximum absolute atomic E-state index is 5.60. The topological polar surface area (TPSA) is 38.4 Å². The summed E-state index contributed by atoms with van der Waals surface area (Å²) in [5.74, 6) is 2.57. The molecule has 2 rings (SSSR count). The van der Waals surface area contributed by atoms with Crippen LogP contribution in [-0.4, -0.2) is 6.21 Å². The fraction of sp³-hybridized carbons (Fsp3) is 0. The number of rotatable bonds is 2. The van der Waals surface area contributed by atoms with Gasteiger partial charge in [-0.3, -0.25) is 4.99 Å². The van der Waals surface area contributed by atoms with Gasteiger partial charge in [0.15, 0.2) is 0 Å². The third-order valence-corrected chi connectivity index (χ3v) is 2.33. The highest BCUT2D eigenvalue weighted by Gasteiger charge is 1.90. The van der Waals surface area contributed by atoms with Crippen LogP contribution < -0.4 is 5.73 Å². The van der Waals surface area contributed by atoms with E-state index in [0.29, 0.717) is 0 Å². The molecule has 0 aromatic heterocycles. The zero-order valence-electron chi connectivity index (χ0n) is 9.30. The SMILES string of the molecule is C#Cc1ccc(N=Cc2ccc(N)cc2)cc1. The van der Waals surface area contributed by atoms with Crippen molar-refractivity contribution in [1.29, 1.82) is 0 Å². The molecule has 82 valence electrons. The van der Waals surface area contributed by atoms with E-state index in [1.54, 1.807) is 6.21 Å². The first-order valence-corrected chi connectivity index (χ1v) is 5.24. The molecule has 0 aliphatic heterocycles. The Labute approximate surface area is 101 Å². The van der Waals surface area contributed by atoms with Gasteiger partial charge in [0.05, 0.1) is 5.69 Å². The lowest BCUT2D eigenvalue weighted by atomic mass is 10.2. The van der Waals surface area contributed by atoms with Crippen molar-refractivity contribution >= 4 is 17.6 Å². The summed E-state index contributed by atoms with van der Waals surface area (Å²) >= 11 is 0. The monoisotopic (exact) mass is 220 g/mol. The summed E-state index contributed by atoms with van der Waals surface area (Å²) in [5, 5.41) is 0. The van der Waals surface area contributed by atoms with Crippen LogP contribution in [0.2, 0.25) is 0 Å². The summed E-state index contributed by atoms with van der Waals surface area (Å²) in [5.41, 5.74) is 9.10. The van der Waals surface area contributed by atoms with Gasteiger partial charge in [-0.05, 0) is 42.0 Å². The summed E-state index contributed by atoms with van der Waals surface area (Å²) in [6.45, 7) is 0. The van der Waals surface area contributed by atoms with E-state index in [1.165, 1.54) is 0 Å². The fourth-order valence-electron chi connectivity index (χ4n) is 1.37. The average molecular weight is 220 g/mol. The Hall–Kier alpha value is -2.53. The number of hydrogen-bond acceptors (Lipinski definition) is 2. The summed E-state index contributed by atoms with van der Waals surface area (Å²) in [6.07, 6.45) is 7.07. The second kappa shape index (κ2) is 5.00. The van der Waals surface area contributed by atoms with Crippen molar-refractivity contribution < 1.29 is 0 Å². The molecule has 0 aliphatic carbocycles. The fourth-order valence-corrected chi connectivity index (χ4v) is 1.37. The van der Waals surface area contributed by atoms with Gasteiger partial charge in [0.25, 0.3) is 0 Å². The van der Waals surface area contributed by atoms with Crippen molar-refractivity contribution in [1.82, 2.24) is 0 Å². The van der Waals surface area contributed by atoms with Crippen LogP contribution in [-0.2, 0) is 0 Å². The molecule has 0 unspecified atom stereocenters. The highest BCUT2D eigenvalue weighted by atomic mass is 14.7. The first-order chi connectivity index (χ1) is 8.28. The van der Waals surface area contributed by atoms with E-state index in [1.807, 2.05) is 48.5 Å². The number of hydrogen-bond donors (Lipinski definition) is 1. The third kappa shape index (κ3) is 2.96. The second-order valence-corrected chi connectivity index (χ2v) is 3.62. The smallest absolute Gasteiger partial charge is 0.0630 e. The van der Waals surface area contributed by atoms with Crippen molar-refractivity contribution in [2.45, 2.75) is 0 Å². The maximum Gasteiger partial charge on any atom is 0.0630 e. The number of nitrogens with zero attached hydrogens (tertiary/aromatic N) is 1. The van der Waals surface area contributed by atoms with Crippen LogP contribution in [0.15, 0.2) is 53.5 Å². The maximum atomic E-state index is 5.60. The molecule has 0 saturated carbocycles. The van der Waals surface area contributed by atoms with Crippen molar-refractivity contribution in [3.63, 3.8) is 0 Å². The summed E-state index contributed by atoms with van der Waals surface area (Å²) in [7, 11) is 0. The van der Waals surface area contributed by atoms with E-state index in [-0.39, 0.29) is 0 Å². The zero-order valence-corrected chi connectivity index (χ0v) is 9.30. The number of nitrogens with two attached hydrogens (primary N) is 1. The highest BCUT2D eigenvalue weighted by Crippen LogP contribution is 2.13. The number of nitrogen functional groups attached to an aromatic ring is 1. The van der Waals surface area contributed by atoms with Crippen molar-refractivity contribution in [2.24, 2.45) is 4.99 Å². The van der Waals surface area contributed by atoms with E-state index < -0.39 is 0 Å². The molecule has 0 spiro atoms. The molecule has 0 heterocycles. The van der Waals surface area contributed by atoms with Crippen LogP contribution in [0, 0.1) is 12.3 Å². The number of aliphatic imine (C=N–C) groups is 1. The summed E-state index contributed by atoms with van der Waals surface area (Å²) < 4.78 is 0. The van der Waals surface area contributed by atoms with Gasteiger partial charge >= 0.3 is 0 Å². The van der Waals surface area contributed by atoms with E-state index in [9.17, 15) is 0 Å². The van der Waals surface area contributed by atoms with Gasteiger partial charge in [-0.15, -0.1) is 6.42 Å². The van der Waals surface area contributed by atoms with Crippen LogP contribution in [0.4, 0.5) is 11.4 Å². The van der Waals surface area contributed by atoms with Gasteiger partial charge in [-0.1, -0.05) is 18.1 Å². The predicted octanol–water partition coefficient (Wildman–Crippen LogP) is 3.00. The van der Waals surface area contributed by atoms with Gasteiger partial charge in [-0.25, -0.2) is 0 Å². The third-order valence-electron chi connectivity index (χ3n) is 2.33. The quantitative estimate of drug-likeness (QED) is 0.471. The standard InChI is InChI=1S/C15H12N2/c1-2-12-5-9-15(10-6-12)17-11-13-3-7-14(16)8-4-13/h1,3-11H,16H2. The van der Waals surface area contributed by atoms with E-state index in [2.05, 4.69) is 10.9 Å². The van der Waals surface area contributed by atoms with Gasteiger partial charge in [0, 0.05) is 17.5 Å². The van der Waals surface area contributed by atoms with E-state index >= 15 is 0 Å². The van der Waals surface area contributed by atoms with Crippen LogP contribution >= 0.6 is 0 Å². The Kier molecular flexibility index (Phi) is 3.23. The van der Waals surface area contributed by atoms with E-state index in [0.717, 1.165) is 22.5 Å². The molecule has 2 N–H and O–H groups in total. The van der Waals surface area contributed by atoms with Crippen molar-refractivity contribution in [3.05, 3.63) is 59.7 Å². The average Bonchev–Trinajstić information content (AvgIpc) is 2.39. The van der Waals surface area contributed by atoms with Crippen molar-refractivity contribution in [3.8, 4) is 12.3 Å². The van der Waals surface area contributed by atoms with Crippen LogP contribution in [0.5, 0.6) is 0 Å². The minimum Gasteiger partial charge on any atom is -0.399 e. The Bertz CT molecular complexity index is 557. The Balaban J connectivity index is 2.14. The summed E-state index contributed by atoms with van der Waals surface area (Å²) in [4.78, 5) is 4.35. The normalized spacial score (nSPS) is 10.3. The molecule has 0 bridgehead atoms. The second-order valence-electron chi connectivity index (χ2n) is 3.62. The lowest BCUT2D eigenvalue weighted by Gasteiger charge is -1.96. The molecular weight excluding hydrogens is 208 g/mol. The molecule has 0 saturated heterocycles. The number of anilines is 1. The Morgan fingerprint density at radius 2 is 1.65 bits per heavy atom. The molecule has 0 fully saturated rings. The van der Waals surface area contributed by atoms with Gasteiger partial charge in [0.2, 0.25) is 0 Å². The van der Waals surface area contributed by atoms with Crippen LogP contribution in [0.25, 0.3) is 0 Å². The minimum atomic E-state index is 0.750. The molecule has 17 heavy (non-hydrogen) atoms. The lowest BCUT2D eigenvalue weighted by molar-refractivity contribution is 1.51. The number of benzene rings is 2. The van der Waals surface area contributed by atoms with Crippen LogP contribution in [0.1, 0.15) is 11.1 Å². The first kappa shape index (κ1) is 11.0. The van der Waals surface area contributed by atoms with Gasteiger partial charge in [0.1, 0.15) is 0 Å². The Morgan fingerprint density at radius 1 is 1.00 bits per heavy atom. The highest BCUT2D eigenvalue weighted by molar-refractivity contribution is 5.82. The molecule has 2 heteroatoms. The molecule has 2 aromatic rings. The predicted molar refractivity (Wildman–Crippen MR) is 72.5 cm³/mol. The summed E-state index contributed by atoms with van der Waals surface area (Å²) in [6, 6.07) is 15.1. The van der Waals surface area contributed by atoms with E-state index in [4.69, 9.17) is 12.2 Å². The lowest BCUT2D eigenvalue weighted by Crippen LogP contribution is -1.85. The molecule has 0 aliphatic rings. The molecule has 2 nitrogen and oxygen atoms in total. The number of terminal acetylenes is 1. The minimum absolute atomic E-state index is 0.750. The zero-order chi connectivity index (χ0) is 12.1. The molecule has 0 atom stereocenters. The van der Waals surface area contributed by atoms with Crippen molar-refractivity contribution in [2.75, 3.05) is 5.73 Å². The molecule has 2 aromatic carbocycles. The molecule has 0 amide bonds. The largest absolute Gasteiger partial charge is 0.399 e.